The summed E-state index contributed by atoms with van der Waals surface area (Å²) in [6.45, 7) is 0.449. The molecule has 2 saturated heterocycles. The Kier molecular flexibility index (Phi) is 4.18. The Morgan fingerprint density at radius 1 is 0.500 bits per heavy atom. The summed E-state index contributed by atoms with van der Waals surface area (Å²) in [4.78, 5) is 56.1. The number of carbonyl (C=O) groups excluding carboxylic acids is 4. The monoisotopic (exact) mass is 426 g/mol. The van der Waals surface area contributed by atoms with Gasteiger partial charge in [-0.2, -0.15) is 0 Å². The maximum absolute atomic E-state index is 13.4. The minimum Gasteiger partial charge on any atom is -0.278 e. The van der Waals surface area contributed by atoms with E-state index in [-0.39, 0.29) is 36.7 Å². The van der Waals surface area contributed by atoms with Crippen molar-refractivity contribution in [1.29, 1.82) is 0 Å². The van der Waals surface area contributed by atoms with Crippen LogP contribution in [0.2, 0.25) is 0 Å². The number of amides is 4. The van der Waals surface area contributed by atoms with E-state index in [0.29, 0.717) is 0 Å². The molecule has 6 nitrogen and oxygen atoms in total. The van der Waals surface area contributed by atoms with E-state index in [1.807, 2.05) is 72.8 Å². The maximum Gasteiger partial charge on any atom is 0.234 e. The van der Waals surface area contributed by atoms with Gasteiger partial charge in [-0.15, -0.1) is 0 Å². The SMILES string of the molecule is O=C1[C@@H]2C3C=CC([C@H]2C(=O)N1Cc1ccccc1)[C@@H]1C(=O)N(Cc2ccccc2)C(=O)[C@@H]31. The topological polar surface area (TPSA) is 74.8 Å². The smallest absolute Gasteiger partial charge is 0.234 e. The van der Waals surface area contributed by atoms with Crippen LogP contribution < -0.4 is 0 Å². The summed E-state index contributed by atoms with van der Waals surface area (Å²) in [5, 5.41) is 0. The number of carbonyl (C=O) groups is 4. The minimum atomic E-state index is -0.559. The summed E-state index contributed by atoms with van der Waals surface area (Å²) in [6.07, 6.45) is 3.81. The van der Waals surface area contributed by atoms with Crippen molar-refractivity contribution in [1.82, 2.24) is 9.80 Å². The van der Waals surface area contributed by atoms with Crippen molar-refractivity contribution in [3.8, 4) is 0 Å². The van der Waals surface area contributed by atoms with Crippen LogP contribution in [0.15, 0.2) is 72.8 Å². The molecule has 2 aliphatic heterocycles. The number of hydrogen-bond acceptors (Lipinski definition) is 4. The lowest BCUT2D eigenvalue weighted by molar-refractivity contribution is -0.140. The highest BCUT2D eigenvalue weighted by Crippen LogP contribution is 2.58. The van der Waals surface area contributed by atoms with E-state index in [9.17, 15) is 19.2 Å². The molecule has 32 heavy (non-hydrogen) atoms. The van der Waals surface area contributed by atoms with Gasteiger partial charge in [0.2, 0.25) is 23.6 Å². The van der Waals surface area contributed by atoms with E-state index in [0.717, 1.165) is 11.1 Å². The number of imide groups is 2. The van der Waals surface area contributed by atoms with Crippen molar-refractivity contribution in [2.24, 2.45) is 35.5 Å². The minimum absolute atomic E-state index is 0.219. The first kappa shape index (κ1) is 19.2. The summed E-state index contributed by atoms with van der Waals surface area (Å²) >= 11 is 0. The van der Waals surface area contributed by atoms with Gasteiger partial charge >= 0.3 is 0 Å². The predicted octanol–water partition coefficient (Wildman–Crippen LogP) is 2.41. The van der Waals surface area contributed by atoms with E-state index in [1.54, 1.807) is 0 Å². The van der Waals surface area contributed by atoms with Gasteiger partial charge in [0.25, 0.3) is 0 Å². The number of likely N-dealkylation sites (tertiary alicyclic amines) is 2. The molecule has 7 rings (SSSR count). The van der Waals surface area contributed by atoms with Crippen molar-refractivity contribution in [3.63, 3.8) is 0 Å². The van der Waals surface area contributed by atoms with E-state index < -0.39 is 35.5 Å². The maximum atomic E-state index is 13.4. The van der Waals surface area contributed by atoms with E-state index in [1.165, 1.54) is 9.80 Å². The Labute approximate surface area is 185 Å². The van der Waals surface area contributed by atoms with Crippen LogP contribution in [0.3, 0.4) is 0 Å². The molecule has 0 N–H and O–H groups in total. The van der Waals surface area contributed by atoms with Gasteiger partial charge < -0.3 is 0 Å². The van der Waals surface area contributed by atoms with Gasteiger partial charge in [-0.3, -0.25) is 29.0 Å². The molecule has 2 heterocycles. The molecule has 2 bridgehead atoms. The largest absolute Gasteiger partial charge is 0.278 e. The van der Waals surface area contributed by atoms with Crippen molar-refractivity contribution in [3.05, 3.63) is 83.9 Å². The van der Waals surface area contributed by atoms with Crippen LogP contribution >= 0.6 is 0 Å². The summed E-state index contributed by atoms with van der Waals surface area (Å²) in [7, 11) is 0. The first-order valence-corrected chi connectivity index (χ1v) is 11.0. The van der Waals surface area contributed by atoms with Gasteiger partial charge in [0, 0.05) is 11.8 Å². The summed E-state index contributed by atoms with van der Waals surface area (Å²) in [5.41, 5.74) is 1.77. The lowest BCUT2D eigenvalue weighted by Crippen LogP contribution is -2.50. The highest BCUT2D eigenvalue weighted by atomic mass is 16.2. The molecule has 3 aliphatic carbocycles. The van der Waals surface area contributed by atoms with Crippen LogP contribution in [0, 0.1) is 35.5 Å². The Hall–Kier alpha value is -3.54. The zero-order valence-electron chi connectivity index (χ0n) is 17.3. The van der Waals surface area contributed by atoms with Crippen LogP contribution in [0.5, 0.6) is 0 Å². The third-order valence-corrected chi connectivity index (χ3v) is 7.56. The molecule has 3 fully saturated rings. The standard InChI is InChI=1S/C26H22N2O4/c29-23-19-17-11-12-18(20(19)24(30)27(23)13-15-7-3-1-4-8-15)22-21(17)25(31)28(26(22)32)14-16-9-5-2-6-10-16/h1-12,17-22H,13-14H2/t17?,18?,19-,20-,21+,22+. The van der Waals surface area contributed by atoms with Crippen molar-refractivity contribution < 1.29 is 19.2 Å². The van der Waals surface area contributed by atoms with Crippen LogP contribution in [0.1, 0.15) is 11.1 Å². The van der Waals surface area contributed by atoms with Gasteiger partial charge in [0.1, 0.15) is 0 Å². The molecular formula is C26H22N2O4. The van der Waals surface area contributed by atoms with E-state index in [4.69, 9.17) is 0 Å². The van der Waals surface area contributed by atoms with E-state index >= 15 is 0 Å². The fraction of sp³-hybridized carbons (Fsp3) is 0.308. The van der Waals surface area contributed by atoms with Crippen LogP contribution in [0.25, 0.3) is 0 Å². The average molecular weight is 426 g/mol. The zero-order chi connectivity index (χ0) is 22.0. The normalized spacial score (nSPS) is 32.6. The Bertz CT molecular complexity index is 1020. The van der Waals surface area contributed by atoms with E-state index in [2.05, 4.69) is 0 Å². The zero-order valence-corrected chi connectivity index (χ0v) is 17.3. The Morgan fingerprint density at radius 3 is 1.12 bits per heavy atom. The van der Waals surface area contributed by atoms with Crippen molar-refractivity contribution in [2.75, 3.05) is 0 Å². The average Bonchev–Trinajstić information content (AvgIpc) is 3.24. The number of nitrogens with zero attached hydrogens (tertiary/aromatic N) is 2. The fourth-order valence-electron chi connectivity index (χ4n) is 6.19. The molecule has 0 radical (unpaired) electrons. The summed E-state index contributed by atoms with van der Waals surface area (Å²) in [5.74, 6) is -3.94. The Morgan fingerprint density at radius 2 is 0.812 bits per heavy atom. The molecule has 6 heteroatoms. The number of allylic oxidation sites excluding steroid dienone is 2. The van der Waals surface area contributed by atoms with Gasteiger partial charge in [-0.1, -0.05) is 72.8 Å². The molecule has 2 aromatic carbocycles. The highest BCUT2D eigenvalue weighted by Gasteiger charge is 2.68. The van der Waals surface area contributed by atoms with Gasteiger partial charge in [-0.05, 0) is 11.1 Å². The molecule has 4 amide bonds. The fourth-order valence-corrected chi connectivity index (χ4v) is 6.19. The quantitative estimate of drug-likeness (QED) is 0.556. The molecule has 1 saturated carbocycles. The first-order valence-electron chi connectivity index (χ1n) is 11.0. The lowest BCUT2D eigenvalue weighted by Gasteiger charge is -2.44. The summed E-state index contributed by atoms with van der Waals surface area (Å²) in [6, 6.07) is 18.8. The highest BCUT2D eigenvalue weighted by molar-refractivity contribution is 6.10. The van der Waals surface area contributed by atoms with Crippen LogP contribution in [0.4, 0.5) is 0 Å². The number of benzene rings is 2. The second-order valence-corrected chi connectivity index (χ2v) is 9.14. The molecule has 6 atom stereocenters. The third kappa shape index (κ3) is 2.58. The number of hydrogen-bond donors (Lipinski definition) is 0. The summed E-state index contributed by atoms with van der Waals surface area (Å²) < 4.78 is 0. The lowest BCUT2D eigenvalue weighted by atomic mass is 9.54. The molecule has 2 unspecified atom stereocenters. The van der Waals surface area contributed by atoms with Gasteiger partial charge in [0.15, 0.2) is 0 Å². The molecule has 0 aromatic heterocycles. The molecule has 5 aliphatic rings. The van der Waals surface area contributed by atoms with Crippen molar-refractivity contribution >= 4 is 23.6 Å². The van der Waals surface area contributed by atoms with Crippen molar-refractivity contribution in [2.45, 2.75) is 13.1 Å². The number of rotatable bonds is 4. The molecule has 0 spiro atoms. The second kappa shape index (κ2) is 6.99. The Balaban J connectivity index is 1.31. The molecular weight excluding hydrogens is 404 g/mol. The predicted molar refractivity (Wildman–Crippen MR) is 114 cm³/mol. The molecule has 160 valence electrons. The third-order valence-electron chi connectivity index (χ3n) is 7.56. The van der Waals surface area contributed by atoms with Gasteiger partial charge in [0.05, 0.1) is 36.8 Å². The second-order valence-electron chi connectivity index (χ2n) is 9.14. The van der Waals surface area contributed by atoms with Gasteiger partial charge in [-0.25, -0.2) is 0 Å². The first-order chi connectivity index (χ1) is 15.6. The molecule has 2 aromatic rings. The van der Waals surface area contributed by atoms with Crippen LogP contribution in [-0.2, 0) is 32.3 Å². The van der Waals surface area contributed by atoms with Crippen LogP contribution in [-0.4, -0.2) is 33.4 Å².